The Morgan fingerprint density at radius 2 is 2.21 bits per heavy atom. The van der Waals surface area contributed by atoms with Crippen LogP contribution in [0.1, 0.15) is 24.8 Å². The number of hydrogen-bond donors (Lipinski definition) is 1. The molecular weight excluding hydrogens is 258 g/mol. The Labute approximate surface area is 119 Å². The first-order valence-corrected chi connectivity index (χ1v) is 8.10. The van der Waals surface area contributed by atoms with E-state index >= 15 is 0 Å². The van der Waals surface area contributed by atoms with Crippen LogP contribution < -0.4 is 15.2 Å². The molecule has 0 spiro atoms. The van der Waals surface area contributed by atoms with Crippen LogP contribution in [0, 0.1) is 0 Å². The van der Waals surface area contributed by atoms with E-state index in [1.165, 1.54) is 11.3 Å². The number of aryl methyl sites for hydroxylation is 1. The highest BCUT2D eigenvalue weighted by atomic mass is 32.2. The second kappa shape index (κ2) is 7.65. The fourth-order valence-corrected chi connectivity index (χ4v) is 3.32. The zero-order chi connectivity index (χ0) is 13.5. The summed E-state index contributed by atoms with van der Waals surface area (Å²) in [6.45, 7) is 0.762. The van der Waals surface area contributed by atoms with Gasteiger partial charge >= 0.3 is 0 Å². The van der Waals surface area contributed by atoms with Gasteiger partial charge in [-0.1, -0.05) is 6.07 Å². The van der Waals surface area contributed by atoms with Crippen molar-refractivity contribution in [1.29, 1.82) is 0 Å². The quantitative estimate of drug-likeness (QED) is 0.781. The number of methoxy groups -OCH3 is 1. The number of rotatable bonds is 7. The van der Waals surface area contributed by atoms with Crippen molar-refractivity contribution < 1.29 is 9.47 Å². The molecule has 1 fully saturated rings. The van der Waals surface area contributed by atoms with Crippen molar-refractivity contribution in [2.45, 2.75) is 31.8 Å². The molecular formula is C15H23NO2S. The van der Waals surface area contributed by atoms with Gasteiger partial charge in [-0.05, 0) is 55.7 Å². The molecule has 0 saturated carbocycles. The molecule has 1 atom stereocenters. The fraction of sp³-hybridized carbons (Fsp3) is 0.600. The molecule has 1 aliphatic rings. The maximum absolute atomic E-state index is 6.01. The van der Waals surface area contributed by atoms with Crippen LogP contribution in [-0.2, 0) is 6.42 Å². The maximum Gasteiger partial charge on any atom is 0.161 e. The van der Waals surface area contributed by atoms with E-state index in [4.69, 9.17) is 15.2 Å². The molecule has 106 valence electrons. The number of unbranched alkanes of at least 4 members (excludes halogenated alkanes) is 1. The van der Waals surface area contributed by atoms with Crippen molar-refractivity contribution in [3.8, 4) is 11.5 Å². The van der Waals surface area contributed by atoms with Gasteiger partial charge in [-0.25, -0.2) is 0 Å². The summed E-state index contributed by atoms with van der Waals surface area (Å²) in [6, 6.07) is 6.27. The molecule has 0 amide bonds. The van der Waals surface area contributed by atoms with Crippen LogP contribution in [0.4, 0.5) is 0 Å². The SMILES string of the molecule is COc1cc(CCCCN)ccc1OC1CCSC1. The van der Waals surface area contributed by atoms with Gasteiger partial charge in [0.25, 0.3) is 0 Å². The van der Waals surface area contributed by atoms with Crippen LogP contribution in [0.2, 0.25) is 0 Å². The average molecular weight is 281 g/mol. The van der Waals surface area contributed by atoms with E-state index in [0.29, 0.717) is 6.10 Å². The number of ether oxygens (including phenoxy) is 2. The lowest BCUT2D eigenvalue weighted by Gasteiger charge is -2.16. The minimum absolute atomic E-state index is 0.335. The van der Waals surface area contributed by atoms with Gasteiger partial charge in [-0.15, -0.1) is 0 Å². The molecule has 0 aliphatic carbocycles. The van der Waals surface area contributed by atoms with Gasteiger partial charge in [0.2, 0.25) is 0 Å². The van der Waals surface area contributed by atoms with Crippen molar-refractivity contribution >= 4 is 11.8 Å². The standard InChI is InChI=1S/C15H23NO2S/c1-17-15-10-12(4-2-3-8-16)5-6-14(15)18-13-7-9-19-11-13/h5-6,10,13H,2-4,7-9,11,16H2,1H3. The van der Waals surface area contributed by atoms with Crippen molar-refractivity contribution in [2.75, 3.05) is 25.2 Å². The summed E-state index contributed by atoms with van der Waals surface area (Å²) in [6.07, 6.45) is 4.71. The average Bonchev–Trinajstić information content (AvgIpc) is 2.93. The monoisotopic (exact) mass is 281 g/mol. The molecule has 0 bridgehead atoms. The number of hydrogen-bond acceptors (Lipinski definition) is 4. The molecule has 1 heterocycles. The van der Waals surface area contributed by atoms with Crippen LogP contribution in [-0.4, -0.2) is 31.3 Å². The molecule has 1 unspecified atom stereocenters. The highest BCUT2D eigenvalue weighted by Gasteiger charge is 2.18. The number of thioether (sulfide) groups is 1. The lowest BCUT2D eigenvalue weighted by atomic mass is 10.1. The van der Waals surface area contributed by atoms with Gasteiger partial charge in [0, 0.05) is 5.75 Å². The second-order valence-corrected chi connectivity index (χ2v) is 5.98. The van der Waals surface area contributed by atoms with Crippen LogP contribution in [0.5, 0.6) is 11.5 Å². The van der Waals surface area contributed by atoms with Crippen LogP contribution >= 0.6 is 11.8 Å². The Morgan fingerprint density at radius 1 is 1.32 bits per heavy atom. The molecule has 1 aromatic carbocycles. The Kier molecular flexibility index (Phi) is 5.86. The zero-order valence-electron chi connectivity index (χ0n) is 11.6. The highest BCUT2D eigenvalue weighted by Crippen LogP contribution is 2.32. The van der Waals surface area contributed by atoms with Gasteiger partial charge in [0.15, 0.2) is 11.5 Å². The van der Waals surface area contributed by atoms with Crippen molar-refractivity contribution in [2.24, 2.45) is 5.73 Å². The van der Waals surface area contributed by atoms with Crippen molar-refractivity contribution in [1.82, 2.24) is 0 Å². The molecule has 2 rings (SSSR count). The van der Waals surface area contributed by atoms with Crippen molar-refractivity contribution in [3.63, 3.8) is 0 Å². The molecule has 1 saturated heterocycles. The summed E-state index contributed by atoms with van der Waals surface area (Å²) in [4.78, 5) is 0. The molecule has 0 radical (unpaired) electrons. The van der Waals surface area contributed by atoms with Gasteiger partial charge in [0.05, 0.1) is 7.11 Å². The van der Waals surface area contributed by atoms with Crippen molar-refractivity contribution in [3.05, 3.63) is 23.8 Å². The summed E-state index contributed by atoms with van der Waals surface area (Å²) < 4.78 is 11.5. The summed E-state index contributed by atoms with van der Waals surface area (Å²) in [7, 11) is 1.70. The van der Waals surface area contributed by atoms with E-state index in [-0.39, 0.29) is 0 Å². The lowest BCUT2D eigenvalue weighted by molar-refractivity contribution is 0.218. The normalized spacial score (nSPS) is 18.5. The molecule has 1 aliphatic heterocycles. The van der Waals surface area contributed by atoms with E-state index in [0.717, 1.165) is 49.5 Å². The first-order chi connectivity index (χ1) is 9.33. The third-order valence-corrected chi connectivity index (χ3v) is 4.46. The van der Waals surface area contributed by atoms with E-state index in [2.05, 4.69) is 12.1 Å². The molecule has 2 N–H and O–H groups in total. The Bertz CT molecular complexity index is 392. The van der Waals surface area contributed by atoms with E-state index < -0.39 is 0 Å². The Hall–Kier alpha value is -0.870. The molecule has 1 aromatic rings. The molecule has 19 heavy (non-hydrogen) atoms. The van der Waals surface area contributed by atoms with Gasteiger partial charge in [-0.3, -0.25) is 0 Å². The van der Waals surface area contributed by atoms with Crippen LogP contribution in [0.25, 0.3) is 0 Å². The first kappa shape index (κ1) is 14.5. The van der Waals surface area contributed by atoms with E-state index in [1.54, 1.807) is 7.11 Å². The smallest absolute Gasteiger partial charge is 0.161 e. The molecule has 4 heteroatoms. The topological polar surface area (TPSA) is 44.5 Å². The number of nitrogens with two attached hydrogens (primary N) is 1. The fourth-order valence-electron chi connectivity index (χ4n) is 2.22. The minimum atomic E-state index is 0.335. The third-order valence-electron chi connectivity index (χ3n) is 3.33. The minimum Gasteiger partial charge on any atom is -0.493 e. The maximum atomic E-state index is 6.01. The Balaban J connectivity index is 1.98. The predicted octanol–water partition coefficient (Wildman–Crippen LogP) is 2.86. The zero-order valence-corrected chi connectivity index (χ0v) is 12.4. The summed E-state index contributed by atoms with van der Waals surface area (Å²) in [5, 5.41) is 0. The number of benzene rings is 1. The summed E-state index contributed by atoms with van der Waals surface area (Å²) in [5.74, 6) is 4.01. The van der Waals surface area contributed by atoms with Crippen LogP contribution in [0.15, 0.2) is 18.2 Å². The largest absolute Gasteiger partial charge is 0.493 e. The van der Waals surface area contributed by atoms with Gasteiger partial charge in [-0.2, -0.15) is 11.8 Å². The second-order valence-electron chi connectivity index (χ2n) is 4.83. The predicted molar refractivity (Wildman–Crippen MR) is 81.3 cm³/mol. The summed E-state index contributed by atoms with van der Waals surface area (Å²) in [5.41, 5.74) is 6.81. The Morgan fingerprint density at radius 3 is 2.89 bits per heavy atom. The molecule has 0 aromatic heterocycles. The summed E-state index contributed by atoms with van der Waals surface area (Å²) >= 11 is 1.95. The lowest BCUT2D eigenvalue weighted by Crippen LogP contribution is -2.15. The first-order valence-electron chi connectivity index (χ1n) is 6.95. The molecule has 3 nitrogen and oxygen atoms in total. The van der Waals surface area contributed by atoms with E-state index in [1.807, 2.05) is 17.8 Å². The third kappa shape index (κ3) is 4.32. The van der Waals surface area contributed by atoms with Gasteiger partial charge < -0.3 is 15.2 Å². The van der Waals surface area contributed by atoms with E-state index in [9.17, 15) is 0 Å². The van der Waals surface area contributed by atoms with Gasteiger partial charge in [0.1, 0.15) is 6.10 Å². The van der Waals surface area contributed by atoms with Crippen LogP contribution in [0.3, 0.4) is 0 Å². The highest BCUT2D eigenvalue weighted by molar-refractivity contribution is 7.99.